The molecule has 0 bridgehead atoms. The van der Waals surface area contributed by atoms with E-state index < -0.39 is 0 Å². The minimum atomic E-state index is -0.343. The van der Waals surface area contributed by atoms with Crippen molar-refractivity contribution in [3.63, 3.8) is 0 Å². The minimum absolute atomic E-state index is 0.0621. The van der Waals surface area contributed by atoms with Crippen LogP contribution in [0.1, 0.15) is 50.8 Å². The molecule has 2 aromatic carbocycles. The number of thioether (sulfide) groups is 1. The van der Waals surface area contributed by atoms with Crippen molar-refractivity contribution >= 4 is 23.4 Å². The fraction of sp³-hybridized carbons (Fsp3) is 0.423. The Morgan fingerprint density at radius 1 is 1.09 bits per heavy atom. The van der Waals surface area contributed by atoms with Gasteiger partial charge in [-0.25, -0.2) is 0 Å². The predicted molar refractivity (Wildman–Crippen MR) is 137 cm³/mol. The Labute approximate surface area is 206 Å². The third-order valence-corrected chi connectivity index (χ3v) is 6.33. The number of hydrogen-bond acceptors (Lipinski definition) is 6. The Morgan fingerprint density at radius 3 is 2.50 bits per heavy atom. The van der Waals surface area contributed by atoms with Crippen LogP contribution in [0.25, 0.3) is 0 Å². The van der Waals surface area contributed by atoms with Crippen molar-refractivity contribution in [3.05, 3.63) is 59.4 Å². The van der Waals surface area contributed by atoms with Crippen molar-refractivity contribution in [3.8, 4) is 11.5 Å². The summed E-state index contributed by atoms with van der Waals surface area (Å²) in [6.45, 7) is 11.0. The van der Waals surface area contributed by atoms with Crippen molar-refractivity contribution in [2.24, 2.45) is 5.92 Å². The molecule has 0 saturated carbocycles. The van der Waals surface area contributed by atoms with Crippen LogP contribution >= 0.6 is 11.8 Å². The number of carbonyl (C=O) groups excluding carboxylic acids is 1. The monoisotopic (exact) mass is 482 g/mol. The van der Waals surface area contributed by atoms with E-state index in [9.17, 15) is 4.79 Å². The first kappa shape index (κ1) is 25.6. The lowest BCUT2D eigenvalue weighted by molar-refractivity contribution is -0.113. The van der Waals surface area contributed by atoms with Gasteiger partial charge in [-0.15, -0.1) is 10.2 Å². The summed E-state index contributed by atoms with van der Waals surface area (Å²) in [4.78, 5) is 12.8. The maximum absolute atomic E-state index is 12.8. The molecule has 1 amide bonds. The Morgan fingerprint density at radius 2 is 1.82 bits per heavy atom. The number of aryl methyl sites for hydroxylation is 2. The first-order chi connectivity index (χ1) is 16.3. The van der Waals surface area contributed by atoms with Crippen LogP contribution in [-0.4, -0.2) is 33.5 Å². The zero-order valence-electron chi connectivity index (χ0n) is 20.8. The molecule has 1 aromatic heterocycles. The van der Waals surface area contributed by atoms with Crippen LogP contribution in [-0.2, 0) is 17.8 Å². The fourth-order valence-corrected chi connectivity index (χ4v) is 4.47. The maximum Gasteiger partial charge on any atom is 0.234 e. The average Bonchev–Trinajstić information content (AvgIpc) is 3.21. The molecule has 0 aliphatic carbocycles. The maximum atomic E-state index is 12.8. The summed E-state index contributed by atoms with van der Waals surface area (Å²) in [6.07, 6.45) is 0.519. The van der Waals surface area contributed by atoms with Gasteiger partial charge in [0, 0.05) is 12.2 Å². The van der Waals surface area contributed by atoms with Gasteiger partial charge in [0.2, 0.25) is 5.91 Å². The Kier molecular flexibility index (Phi) is 8.98. The van der Waals surface area contributed by atoms with Gasteiger partial charge in [-0.3, -0.25) is 4.79 Å². The van der Waals surface area contributed by atoms with E-state index in [0.29, 0.717) is 22.6 Å². The van der Waals surface area contributed by atoms with E-state index in [-0.39, 0.29) is 17.8 Å². The lowest BCUT2D eigenvalue weighted by atomic mass is 10.1. The number of aromatic nitrogens is 3. The topological polar surface area (TPSA) is 78.3 Å². The van der Waals surface area contributed by atoms with Crippen molar-refractivity contribution in [1.82, 2.24) is 14.8 Å². The minimum Gasteiger partial charge on any atom is -0.493 e. The molecule has 1 unspecified atom stereocenters. The van der Waals surface area contributed by atoms with E-state index in [1.54, 1.807) is 7.11 Å². The Hall–Kier alpha value is -3.00. The summed E-state index contributed by atoms with van der Waals surface area (Å²) in [6, 6.07) is 13.6. The third-order valence-electron chi connectivity index (χ3n) is 5.37. The molecule has 3 rings (SSSR count). The average molecular weight is 483 g/mol. The number of carbonyl (C=O) groups is 1. The van der Waals surface area contributed by atoms with Crippen molar-refractivity contribution in [2.75, 3.05) is 18.2 Å². The highest BCUT2D eigenvalue weighted by Gasteiger charge is 2.22. The number of para-hydroxylation sites is 3. The van der Waals surface area contributed by atoms with Crippen molar-refractivity contribution in [2.45, 2.75) is 58.8 Å². The highest BCUT2D eigenvalue weighted by atomic mass is 32.2. The van der Waals surface area contributed by atoms with Crippen LogP contribution in [0.15, 0.2) is 47.6 Å². The number of ether oxygens (including phenoxy) is 2. The summed E-state index contributed by atoms with van der Waals surface area (Å²) < 4.78 is 13.6. The molecule has 1 atom stereocenters. The molecule has 7 nitrogen and oxygen atoms in total. The number of hydrogen-bond donors (Lipinski definition) is 1. The first-order valence-electron chi connectivity index (χ1n) is 11.6. The second-order valence-electron chi connectivity index (χ2n) is 8.56. The zero-order valence-corrected chi connectivity index (χ0v) is 21.6. The molecule has 0 aliphatic heterocycles. The van der Waals surface area contributed by atoms with Gasteiger partial charge in [-0.1, -0.05) is 62.9 Å². The summed E-state index contributed by atoms with van der Waals surface area (Å²) in [5.41, 5.74) is 3.09. The fourth-order valence-electron chi connectivity index (χ4n) is 3.71. The van der Waals surface area contributed by atoms with Crippen molar-refractivity contribution < 1.29 is 14.3 Å². The number of amides is 1. The molecule has 182 valence electrons. The summed E-state index contributed by atoms with van der Waals surface area (Å²) in [7, 11) is 1.62. The molecule has 0 radical (unpaired) electrons. The highest BCUT2D eigenvalue weighted by molar-refractivity contribution is 7.99. The van der Waals surface area contributed by atoms with Crippen LogP contribution in [0.4, 0.5) is 5.69 Å². The molecule has 0 fully saturated rings. The summed E-state index contributed by atoms with van der Waals surface area (Å²) in [5.74, 6) is 2.59. The van der Waals surface area contributed by atoms with Gasteiger partial charge < -0.3 is 19.4 Å². The van der Waals surface area contributed by atoms with E-state index in [2.05, 4.69) is 36.3 Å². The molecule has 8 heteroatoms. The largest absolute Gasteiger partial charge is 0.493 e. The molecule has 0 spiro atoms. The molecule has 1 N–H and O–H groups in total. The van der Waals surface area contributed by atoms with Crippen LogP contribution < -0.4 is 14.8 Å². The smallest absolute Gasteiger partial charge is 0.234 e. The molecular formula is C26H34N4O3S. The zero-order chi connectivity index (χ0) is 24.7. The normalized spacial score (nSPS) is 12.0. The van der Waals surface area contributed by atoms with E-state index in [0.717, 1.165) is 35.6 Å². The van der Waals surface area contributed by atoms with Gasteiger partial charge in [0.05, 0.1) is 12.9 Å². The Balaban J connectivity index is 1.74. The Bertz CT molecular complexity index is 1110. The van der Waals surface area contributed by atoms with Gasteiger partial charge in [-0.2, -0.15) is 0 Å². The molecule has 34 heavy (non-hydrogen) atoms. The highest BCUT2D eigenvalue weighted by Crippen LogP contribution is 2.31. The number of benzene rings is 2. The van der Waals surface area contributed by atoms with E-state index in [1.165, 1.54) is 11.8 Å². The second kappa shape index (κ2) is 11.9. The van der Waals surface area contributed by atoms with E-state index in [4.69, 9.17) is 9.47 Å². The van der Waals surface area contributed by atoms with Gasteiger partial charge in [0.25, 0.3) is 0 Å². The van der Waals surface area contributed by atoms with Crippen LogP contribution in [0.5, 0.6) is 11.5 Å². The predicted octanol–water partition coefficient (Wildman–Crippen LogP) is 5.68. The number of anilines is 1. The standard InChI is InChI=1S/C26H34N4O3S/c1-7-20-12-10-11-18(4)24(20)27-23(31)16-34-26-29-28-25(30(26)15-17(2)3)19(5)33-22-14-9-8-13-21(22)32-6/h8-14,17,19H,7,15-16H2,1-6H3,(H,27,31). The van der Waals surface area contributed by atoms with Gasteiger partial charge in [0.15, 0.2) is 28.6 Å². The van der Waals surface area contributed by atoms with Crippen molar-refractivity contribution in [1.29, 1.82) is 0 Å². The SMILES string of the molecule is CCc1cccc(C)c1NC(=O)CSc1nnc(C(C)Oc2ccccc2OC)n1CC(C)C. The summed E-state index contributed by atoms with van der Waals surface area (Å²) in [5, 5.41) is 12.6. The van der Waals surface area contributed by atoms with Crippen LogP contribution in [0, 0.1) is 12.8 Å². The number of nitrogens with zero attached hydrogens (tertiary/aromatic N) is 3. The number of rotatable bonds is 11. The lowest BCUT2D eigenvalue weighted by Crippen LogP contribution is -2.18. The van der Waals surface area contributed by atoms with E-state index in [1.807, 2.05) is 60.9 Å². The van der Waals surface area contributed by atoms with E-state index >= 15 is 0 Å². The van der Waals surface area contributed by atoms with Gasteiger partial charge >= 0.3 is 0 Å². The molecule has 0 aliphatic rings. The van der Waals surface area contributed by atoms with Gasteiger partial charge in [-0.05, 0) is 49.4 Å². The van der Waals surface area contributed by atoms with Gasteiger partial charge in [0.1, 0.15) is 0 Å². The number of nitrogens with one attached hydrogen (secondary N) is 1. The lowest BCUT2D eigenvalue weighted by Gasteiger charge is -2.19. The van der Waals surface area contributed by atoms with Crippen LogP contribution in [0.3, 0.4) is 0 Å². The molecular weight excluding hydrogens is 448 g/mol. The second-order valence-corrected chi connectivity index (χ2v) is 9.50. The van der Waals surface area contributed by atoms with Crippen LogP contribution in [0.2, 0.25) is 0 Å². The first-order valence-corrected chi connectivity index (χ1v) is 12.6. The third kappa shape index (κ3) is 6.32. The molecule has 1 heterocycles. The molecule has 0 saturated heterocycles. The quantitative estimate of drug-likeness (QED) is 0.354. The molecule has 3 aromatic rings. The summed E-state index contributed by atoms with van der Waals surface area (Å²) >= 11 is 1.38. The number of methoxy groups -OCH3 is 1.